The highest BCUT2D eigenvalue weighted by Crippen LogP contribution is 2.38. The fourth-order valence-electron chi connectivity index (χ4n) is 1.47. The van der Waals surface area contributed by atoms with E-state index in [-0.39, 0.29) is 25.1 Å². The second-order valence-electron chi connectivity index (χ2n) is 3.58. The van der Waals surface area contributed by atoms with Crippen molar-refractivity contribution < 1.29 is 14.3 Å². The fourth-order valence-corrected chi connectivity index (χ4v) is 1.86. The van der Waals surface area contributed by atoms with Gasteiger partial charge in [-0.2, -0.15) is 11.8 Å². The van der Waals surface area contributed by atoms with Crippen LogP contribution in [0.25, 0.3) is 0 Å². The predicted octanol–water partition coefficient (Wildman–Crippen LogP) is 2.11. The average molecular weight is 291 g/mol. The minimum Gasteiger partial charge on any atom is -0.454 e. The molecule has 18 heavy (non-hydrogen) atoms. The number of rotatable bonds is 4. The second kappa shape index (κ2) is 6.61. The Balaban J connectivity index is 0.00000162. The van der Waals surface area contributed by atoms with Crippen molar-refractivity contribution in [2.24, 2.45) is 0 Å². The van der Waals surface area contributed by atoms with Gasteiger partial charge >= 0.3 is 0 Å². The number of nitrogen functional groups attached to an aromatic ring is 1. The van der Waals surface area contributed by atoms with E-state index in [1.807, 2.05) is 6.26 Å². The highest BCUT2D eigenvalue weighted by Gasteiger charge is 2.16. The number of carbonyl (C=O) groups excluding carboxylic acids is 1. The third-order valence-electron chi connectivity index (χ3n) is 2.35. The van der Waals surface area contributed by atoms with Crippen LogP contribution >= 0.6 is 24.2 Å². The van der Waals surface area contributed by atoms with Crippen LogP contribution in [-0.2, 0) is 4.79 Å². The lowest BCUT2D eigenvalue weighted by atomic mass is 10.2. The van der Waals surface area contributed by atoms with Gasteiger partial charge in [0, 0.05) is 24.3 Å². The van der Waals surface area contributed by atoms with Gasteiger partial charge in [0.15, 0.2) is 11.5 Å². The molecule has 7 heteroatoms. The lowest BCUT2D eigenvalue weighted by molar-refractivity contribution is -0.115. The minimum absolute atomic E-state index is 0. The number of amides is 1. The Bertz CT molecular complexity index is 443. The van der Waals surface area contributed by atoms with Gasteiger partial charge in [-0.3, -0.25) is 4.79 Å². The van der Waals surface area contributed by atoms with Crippen LogP contribution in [0, 0.1) is 0 Å². The molecule has 1 aromatic carbocycles. The highest BCUT2D eigenvalue weighted by atomic mass is 35.5. The summed E-state index contributed by atoms with van der Waals surface area (Å²) in [6.45, 7) is 0.193. The molecule has 0 unspecified atom stereocenters. The van der Waals surface area contributed by atoms with E-state index in [2.05, 4.69) is 5.32 Å². The van der Waals surface area contributed by atoms with E-state index in [0.717, 1.165) is 5.75 Å². The predicted molar refractivity (Wildman–Crippen MR) is 75.9 cm³/mol. The minimum atomic E-state index is -0.0510. The average Bonchev–Trinajstić information content (AvgIpc) is 2.74. The molecule has 0 bridgehead atoms. The van der Waals surface area contributed by atoms with Crippen LogP contribution in [0.4, 0.5) is 11.4 Å². The van der Waals surface area contributed by atoms with Crippen LogP contribution < -0.4 is 20.5 Å². The van der Waals surface area contributed by atoms with Crippen molar-refractivity contribution >= 4 is 41.5 Å². The van der Waals surface area contributed by atoms with Crippen molar-refractivity contribution in [3.05, 3.63) is 12.1 Å². The molecule has 1 aliphatic heterocycles. The van der Waals surface area contributed by atoms with Crippen LogP contribution in [0.5, 0.6) is 11.5 Å². The van der Waals surface area contributed by atoms with Crippen molar-refractivity contribution in [2.75, 3.05) is 29.9 Å². The Morgan fingerprint density at radius 2 is 2.11 bits per heavy atom. The molecule has 1 amide bonds. The zero-order valence-electron chi connectivity index (χ0n) is 9.89. The van der Waals surface area contributed by atoms with Crippen molar-refractivity contribution in [1.29, 1.82) is 0 Å². The fraction of sp³-hybridized carbons (Fsp3) is 0.364. The second-order valence-corrected chi connectivity index (χ2v) is 4.57. The summed E-state index contributed by atoms with van der Waals surface area (Å²) in [7, 11) is 0. The number of nitrogens with one attached hydrogen (secondary N) is 1. The first-order chi connectivity index (χ1) is 8.20. The molecule has 1 heterocycles. The molecular formula is C11H15ClN2O3S. The number of fused-ring (bicyclic) bond motifs is 1. The number of anilines is 2. The molecule has 3 N–H and O–H groups in total. The summed E-state index contributed by atoms with van der Waals surface area (Å²) in [6.07, 6.45) is 2.43. The number of hydrogen-bond donors (Lipinski definition) is 2. The molecule has 2 rings (SSSR count). The van der Waals surface area contributed by atoms with Gasteiger partial charge in [0.1, 0.15) is 0 Å². The lowest BCUT2D eigenvalue weighted by Gasteiger charge is -2.08. The molecule has 0 fully saturated rings. The molecule has 1 aliphatic rings. The zero-order valence-corrected chi connectivity index (χ0v) is 11.5. The van der Waals surface area contributed by atoms with E-state index in [1.54, 1.807) is 23.9 Å². The van der Waals surface area contributed by atoms with Gasteiger partial charge in [-0.25, -0.2) is 0 Å². The Hall–Kier alpha value is -1.27. The molecule has 0 radical (unpaired) electrons. The number of nitrogens with two attached hydrogens (primary N) is 1. The third-order valence-corrected chi connectivity index (χ3v) is 2.96. The summed E-state index contributed by atoms with van der Waals surface area (Å²) in [6, 6.07) is 3.35. The standard InChI is InChI=1S/C11H14N2O3S.ClH/c1-17-3-2-11(14)13-8-5-10-9(4-7(8)12)15-6-16-10;/h4-5H,2-3,6,12H2,1H3,(H,13,14);1H. The lowest BCUT2D eigenvalue weighted by Crippen LogP contribution is -2.13. The third kappa shape index (κ3) is 3.36. The van der Waals surface area contributed by atoms with Crippen LogP contribution in [0.3, 0.4) is 0 Å². The molecule has 0 atom stereocenters. The first kappa shape index (κ1) is 14.8. The SMILES string of the molecule is CSCCC(=O)Nc1cc2c(cc1N)OCO2.Cl. The van der Waals surface area contributed by atoms with Gasteiger partial charge in [0.05, 0.1) is 11.4 Å². The van der Waals surface area contributed by atoms with Crippen LogP contribution in [0.2, 0.25) is 0 Å². The number of hydrogen-bond acceptors (Lipinski definition) is 5. The van der Waals surface area contributed by atoms with E-state index >= 15 is 0 Å². The molecule has 100 valence electrons. The Kier molecular flexibility index (Phi) is 5.43. The van der Waals surface area contributed by atoms with Crippen molar-refractivity contribution in [3.8, 4) is 11.5 Å². The quantitative estimate of drug-likeness (QED) is 0.831. The number of ether oxygens (including phenoxy) is 2. The summed E-state index contributed by atoms with van der Waals surface area (Å²) >= 11 is 1.63. The summed E-state index contributed by atoms with van der Waals surface area (Å²) in [5.74, 6) is 1.96. The summed E-state index contributed by atoms with van der Waals surface area (Å²) < 4.78 is 10.4. The first-order valence-corrected chi connectivity index (χ1v) is 6.58. The van der Waals surface area contributed by atoms with Gasteiger partial charge in [0.2, 0.25) is 12.7 Å². The van der Waals surface area contributed by atoms with Gasteiger partial charge in [-0.1, -0.05) is 0 Å². The van der Waals surface area contributed by atoms with Crippen molar-refractivity contribution in [1.82, 2.24) is 0 Å². The smallest absolute Gasteiger partial charge is 0.231 e. The van der Waals surface area contributed by atoms with E-state index in [0.29, 0.717) is 29.3 Å². The number of halogens is 1. The van der Waals surface area contributed by atoms with Gasteiger partial charge in [0.25, 0.3) is 0 Å². The van der Waals surface area contributed by atoms with Crippen LogP contribution in [-0.4, -0.2) is 24.7 Å². The van der Waals surface area contributed by atoms with E-state index < -0.39 is 0 Å². The number of carbonyl (C=O) groups is 1. The highest BCUT2D eigenvalue weighted by molar-refractivity contribution is 7.98. The molecule has 0 saturated heterocycles. The van der Waals surface area contributed by atoms with E-state index in [1.165, 1.54) is 0 Å². The monoisotopic (exact) mass is 290 g/mol. The molecule has 0 aromatic heterocycles. The van der Waals surface area contributed by atoms with Crippen LogP contribution in [0.15, 0.2) is 12.1 Å². The maximum Gasteiger partial charge on any atom is 0.231 e. The number of thioether (sulfide) groups is 1. The van der Waals surface area contributed by atoms with E-state index in [9.17, 15) is 4.79 Å². The molecule has 0 aliphatic carbocycles. The van der Waals surface area contributed by atoms with Gasteiger partial charge in [-0.15, -0.1) is 12.4 Å². The molecule has 0 saturated carbocycles. The maximum absolute atomic E-state index is 11.6. The summed E-state index contributed by atoms with van der Waals surface area (Å²) in [5.41, 5.74) is 6.86. The van der Waals surface area contributed by atoms with Crippen molar-refractivity contribution in [3.63, 3.8) is 0 Å². The summed E-state index contributed by atoms with van der Waals surface area (Å²) in [4.78, 5) is 11.6. The first-order valence-electron chi connectivity index (χ1n) is 5.18. The van der Waals surface area contributed by atoms with Gasteiger partial charge in [-0.05, 0) is 6.26 Å². The zero-order chi connectivity index (χ0) is 12.3. The maximum atomic E-state index is 11.6. The topological polar surface area (TPSA) is 73.6 Å². The Labute approximate surface area is 116 Å². The number of benzene rings is 1. The molecule has 5 nitrogen and oxygen atoms in total. The normalized spacial score (nSPS) is 11.8. The molecule has 0 spiro atoms. The van der Waals surface area contributed by atoms with E-state index in [4.69, 9.17) is 15.2 Å². The van der Waals surface area contributed by atoms with Gasteiger partial charge < -0.3 is 20.5 Å². The van der Waals surface area contributed by atoms with Crippen LogP contribution in [0.1, 0.15) is 6.42 Å². The summed E-state index contributed by atoms with van der Waals surface area (Å²) in [5, 5.41) is 2.76. The Morgan fingerprint density at radius 1 is 1.44 bits per heavy atom. The van der Waals surface area contributed by atoms with Crippen molar-refractivity contribution in [2.45, 2.75) is 6.42 Å². The molecule has 1 aromatic rings. The molecular weight excluding hydrogens is 276 g/mol. The Morgan fingerprint density at radius 3 is 2.78 bits per heavy atom. The largest absolute Gasteiger partial charge is 0.454 e.